The smallest absolute Gasteiger partial charge is 0.256 e. The number of pyridine rings is 1. The molecular formula is C27H36N6O. The topological polar surface area (TPSA) is 58.7 Å². The molecule has 3 saturated heterocycles. The van der Waals surface area contributed by atoms with E-state index in [1.807, 2.05) is 25.3 Å². The zero-order valence-corrected chi connectivity index (χ0v) is 20.6. The van der Waals surface area contributed by atoms with Crippen molar-refractivity contribution in [2.45, 2.75) is 31.8 Å². The molecule has 2 bridgehead atoms. The molecule has 2 atom stereocenters. The van der Waals surface area contributed by atoms with Crippen LogP contribution in [0, 0.1) is 0 Å². The first kappa shape index (κ1) is 22.9. The summed E-state index contributed by atoms with van der Waals surface area (Å²) in [6, 6.07) is 2.63. The predicted octanol–water partition coefficient (Wildman–Crippen LogP) is 3.20. The van der Waals surface area contributed by atoms with Crippen molar-refractivity contribution in [3.8, 4) is 0 Å². The number of likely N-dealkylation sites (tertiary alicyclic amines) is 1. The summed E-state index contributed by atoms with van der Waals surface area (Å²) in [5.74, 6) is 0.112. The number of aromatic nitrogens is 2. The number of aromatic amines is 1. The molecule has 0 radical (unpaired) electrons. The van der Waals surface area contributed by atoms with Crippen LogP contribution in [0.2, 0.25) is 0 Å². The maximum Gasteiger partial charge on any atom is 0.256 e. The van der Waals surface area contributed by atoms with Crippen LogP contribution in [0.25, 0.3) is 16.6 Å². The standard InChI is InChI=1S/C27H36N6O/c1-5-6-20(13-19(2)32-11-9-30(3)10-12-32)25-16-29-26-24(25)14-21(15-28-26)27(34)33-22-7-8-23(33)18-31(4)17-22/h5-6,13-16,22-23H,2,7-12,17-18H2,1,3-4H3,(H,28,29)/b6-5-,20-13+. The summed E-state index contributed by atoms with van der Waals surface area (Å²) in [6.45, 7) is 12.3. The number of hydrogen-bond acceptors (Lipinski definition) is 5. The van der Waals surface area contributed by atoms with Crippen molar-refractivity contribution in [1.29, 1.82) is 0 Å². The quantitative estimate of drug-likeness (QED) is 0.695. The lowest BCUT2D eigenvalue weighted by molar-refractivity contribution is 0.0472. The molecule has 0 aliphatic carbocycles. The molecule has 180 valence electrons. The van der Waals surface area contributed by atoms with Gasteiger partial charge in [0.15, 0.2) is 0 Å². The molecule has 5 heterocycles. The van der Waals surface area contributed by atoms with Gasteiger partial charge in [0, 0.05) is 80.4 Å². The lowest BCUT2D eigenvalue weighted by atomic mass is 10.0. The molecule has 1 amide bonds. The van der Waals surface area contributed by atoms with Crippen LogP contribution in [0.3, 0.4) is 0 Å². The lowest BCUT2D eigenvalue weighted by Gasteiger charge is -2.39. The SMILES string of the molecule is C=C(/C=C(\C=C/C)c1c[nH]c2ncc(C(=O)N3C4CCC3CN(C)C4)cc12)N1CCN(C)CC1. The maximum absolute atomic E-state index is 13.6. The first-order chi connectivity index (χ1) is 16.4. The minimum atomic E-state index is 0.112. The highest BCUT2D eigenvalue weighted by molar-refractivity contribution is 6.01. The minimum Gasteiger partial charge on any atom is -0.369 e. The molecule has 2 aromatic heterocycles. The van der Waals surface area contributed by atoms with Crippen LogP contribution in [0.5, 0.6) is 0 Å². The number of fused-ring (bicyclic) bond motifs is 3. The molecule has 0 saturated carbocycles. The number of rotatable bonds is 5. The summed E-state index contributed by atoms with van der Waals surface area (Å²) < 4.78 is 0. The predicted molar refractivity (Wildman–Crippen MR) is 138 cm³/mol. The lowest BCUT2D eigenvalue weighted by Crippen LogP contribution is -2.54. The van der Waals surface area contributed by atoms with Crippen molar-refractivity contribution in [3.63, 3.8) is 0 Å². The Hall–Kier alpha value is -2.90. The molecule has 3 aliphatic rings. The number of amides is 1. The number of allylic oxidation sites excluding steroid dienone is 4. The zero-order valence-electron chi connectivity index (χ0n) is 20.6. The third-order valence-electron chi connectivity index (χ3n) is 7.57. The van der Waals surface area contributed by atoms with E-state index in [0.717, 1.165) is 80.0 Å². The van der Waals surface area contributed by atoms with Crippen LogP contribution in [0.1, 0.15) is 35.7 Å². The molecule has 7 heteroatoms. The number of carbonyl (C=O) groups excluding carboxylic acids is 1. The molecular weight excluding hydrogens is 424 g/mol. The Kier molecular flexibility index (Phi) is 6.32. The second kappa shape index (κ2) is 9.39. The number of hydrogen-bond donors (Lipinski definition) is 1. The minimum absolute atomic E-state index is 0.112. The van der Waals surface area contributed by atoms with E-state index >= 15 is 0 Å². The van der Waals surface area contributed by atoms with Crippen LogP contribution in [0.15, 0.2) is 49.0 Å². The molecule has 2 unspecified atom stereocenters. The normalized spacial score (nSPS) is 24.5. The highest BCUT2D eigenvalue weighted by Gasteiger charge is 2.41. The van der Waals surface area contributed by atoms with E-state index in [9.17, 15) is 4.79 Å². The van der Waals surface area contributed by atoms with E-state index in [2.05, 4.69) is 62.4 Å². The molecule has 3 aliphatic heterocycles. The van der Waals surface area contributed by atoms with Gasteiger partial charge in [-0.25, -0.2) is 4.98 Å². The summed E-state index contributed by atoms with van der Waals surface area (Å²) in [7, 11) is 4.31. The number of H-pyrrole nitrogens is 1. The van der Waals surface area contributed by atoms with Gasteiger partial charge in [-0.3, -0.25) is 4.79 Å². The van der Waals surface area contributed by atoms with E-state index in [1.54, 1.807) is 6.20 Å². The van der Waals surface area contributed by atoms with Crippen LogP contribution in [0.4, 0.5) is 0 Å². The molecule has 0 spiro atoms. The van der Waals surface area contributed by atoms with Gasteiger partial charge in [0.25, 0.3) is 5.91 Å². The fourth-order valence-electron chi connectivity index (χ4n) is 5.71. The average Bonchev–Trinajstić information content (AvgIpc) is 3.36. The van der Waals surface area contributed by atoms with E-state index in [4.69, 9.17) is 0 Å². The van der Waals surface area contributed by atoms with Crippen LogP contribution in [-0.2, 0) is 0 Å². The Bertz CT molecular complexity index is 1130. The molecule has 7 nitrogen and oxygen atoms in total. The van der Waals surface area contributed by atoms with Gasteiger partial charge < -0.3 is 24.6 Å². The average molecular weight is 461 g/mol. The van der Waals surface area contributed by atoms with E-state index in [-0.39, 0.29) is 5.91 Å². The molecule has 34 heavy (non-hydrogen) atoms. The van der Waals surface area contributed by atoms with Crippen molar-refractivity contribution in [1.82, 2.24) is 29.6 Å². The van der Waals surface area contributed by atoms with Gasteiger partial charge in [0.05, 0.1) is 5.56 Å². The van der Waals surface area contributed by atoms with Gasteiger partial charge >= 0.3 is 0 Å². The van der Waals surface area contributed by atoms with Gasteiger partial charge in [0.2, 0.25) is 0 Å². The first-order valence-corrected chi connectivity index (χ1v) is 12.4. The third-order valence-corrected chi connectivity index (χ3v) is 7.57. The van der Waals surface area contributed by atoms with Crippen molar-refractivity contribution >= 4 is 22.5 Å². The Morgan fingerprint density at radius 1 is 1.12 bits per heavy atom. The van der Waals surface area contributed by atoms with Crippen molar-refractivity contribution in [2.75, 3.05) is 53.4 Å². The van der Waals surface area contributed by atoms with Crippen molar-refractivity contribution < 1.29 is 4.79 Å². The molecule has 3 fully saturated rings. The largest absolute Gasteiger partial charge is 0.369 e. The summed E-state index contributed by atoms with van der Waals surface area (Å²) in [5, 5.41) is 0.975. The van der Waals surface area contributed by atoms with Gasteiger partial charge in [0.1, 0.15) is 5.65 Å². The van der Waals surface area contributed by atoms with Crippen LogP contribution < -0.4 is 0 Å². The summed E-state index contributed by atoms with van der Waals surface area (Å²) >= 11 is 0. The highest BCUT2D eigenvalue weighted by atomic mass is 16.2. The fraction of sp³-hybridized carbons (Fsp3) is 0.481. The van der Waals surface area contributed by atoms with Gasteiger partial charge in [-0.05, 0) is 51.6 Å². The van der Waals surface area contributed by atoms with Gasteiger partial charge in [-0.2, -0.15) is 0 Å². The number of likely N-dealkylation sites (N-methyl/N-ethyl adjacent to an activating group) is 2. The monoisotopic (exact) mass is 460 g/mol. The number of nitrogens with zero attached hydrogens (tertiary/aromatic N) is 5. The summed E-state index contributed by atoms with van der Waals surface area (Å²) in [4.78, 5) is 30.6. The third kappa shape index (κ3) is 4.30. The molecule has 1 N–H and O–H groups in total. The number of nitrogens with one attached hydrogen (secondary N) is 1. The second-order valence-corrected chi connectivity index (χ2v) is 10.0. The van der Waals surface area contributed by atoms with Gasteiger partial charge in [-0.1, -0.05) is 18.7 Å². The highest BCUT2D eigenvalue weighted by Crippen LogP contribution is 2.32. The molecule has 2 aromatic rings. The van der Waals surface area contributed by atoms with E-state index < -0.39 is 0 Å². The summed E-state index contributed by atoms with van der Waals surface area (Å²) in [5.41, 5.74) is 4.61. The Balaban J connectivity index is 1.45. The van der Waals surface area contributed by atoms with Crippen LogP contribution >= 0.6 is 0 Å². The number of carbonyl (C=O) groups is 1. The Labute approximate surface area is 202 Å². The van der Waals surface area contributed by atoms with Crippen molar-refractivity contribution in [3.05, 3.63) is 60.1 Å². The fourth-order valence-corrected chi connectivity index (χ4v) is 5.71. The Morgan fingerprint density at radius 3 is 2.50 bits per heavy atom. The van der Waals surface area contributed by atoms with E-state index in [0.29, 0.717) is 17.6 Å². The van der Waals surface area contributed by atoms with E-state index in [1.165, 1.54) is 0 Å². The number of piperazine rings is 2. The van der Waals surface area contributed by atoms with Gasteiger partial charge in [-0.15, -0.1) is 0 Å². The molecule has 5 rings (SSSR count). The molecule has 0 aromatic carbocycles. The maximum atomic E-state index is 13.6. The van der Waals surface area contributed by atoms with Crippen LogP contribution in [-0.4, -0.2) is 101 Å². The first-order valence-electron chi connectivity index (χ1n) is 12.4. The van der Waals surface area contributed by atoms with Crippen molar-refractivity contribution in [2.24, 2.45) is 0 Å². The zero-order chi connectivity index (χ0) is 23.8. The second-order valence-electron chi connectivity index (χ2n) is 10.0. The summed E-state index contributed by atoms with van der Waals surface area (Å²) in [6.07, 6.45) is 12.2. The Morgan fingerprint density at radius 2 is 1.82 bits per heavy atom.